The maximum atomic E-state index is 12.3. The van der Waals surface area contributed by atoms with Gasteiger partial charge in [-0.2, -0.15) is 0 Å². The number of carbonyl (C=O) groups is 3. The number of benzene rings is 1. The van der Waals surface area contributed by atoms with E-state index in [-0.39, 0.29) is 30.4 Å². The van der Waals surface area contributed by atoms with E-state index in [1.807, 2.05) is 33.0 Å². The van der Waals surface area contributed by atoms with Crippen LogP contribution in [0.5, 0.6) is 0 Å². The second-order valence-corrected chi connectivity index (χ2v) is 5.19. The van der Waals surface area contributed by atoms with Crippen LogP contribution in [0.15, 0.2) is 45.5 Å². The van der Waals surface area contributed by atoms with Crippen molar-refractivity contribution in [2.75, 3.05) is 12.4 Å². The first kappa shape index (κ1) is 19.0. The molecule has 1 aromatic carbocycles. The summed E-state index contributed by atoms with van der Waals surface area (Å²) in [6.45, 7) is 4.00. The number of anilines is 1. The molecule has 0 aromatic heterocycles. The zero-order valence-corrected chi connectivity index (χ0v) is 14.9. The molecule has 0 saturated carbocycles. The largest absolute Gasteiger partial charge is 0.388 e. The SMILES string of the molecule is CC.CNc1ccc(N=C2N=C(NC=O)C(=O)C3=C2NC(=O)CC3)cc1. The number of amidine groups is 2. The van der Waals surface area contributed by atoms with Crippen molar-refractivity contribution in [3.63, 3.8) is 0 Å². The lowest BCUT2D eigenvalue weighted by atomic mass is 9.96. The van der Waals surface area contributed by atoms with Crippen molar-refractivity contribution in [3.8, 4) is 0 Å². The summed E-state index contributed by atoms with van der Waals surface area (Å²) in [5.41, 5.74) is 2.25. The zero-order chi connectivity index (χ0) is 19.1. The van der Waals surface area contributed by atoms with Crippen LogP contribution in [0.1, 0.15) is 26.7 Å². The van der Waals surface area contributed by atoms with Crippen LogP contribution >= 0.6 is 0 Å². The molecule has 3 N–H and O–H groups in total. The van der Waals surface area contributed by atoms with E-state index in [0.29, 0.717) is 23.4 Å². The van der Waals surface area contributed by atoms with Crippen LogP contribution in [0.4, 0.5) is 11.4 Å². The lowest BCUT2D eigenvalue weighted by molar-refractivity contribution is -0.120. The molecule has 2 aliphatic rings. The number of rotatable bonds is 3. The minimum Gasteiger partial charge on any atom is -0.388 e. The van der Waals surface area contributed by atoms with E-state index in [1.165, 1.54) is 0 Å². The van der Waals surface area contributed by atoms with Gasteiger partial charge < -0.3 is 16.0 Å². The topological polar surface area (TPSA) is 112 Å². The van der Waals surface area contributed by atoms with Crippen LogP contribution < -0.4 is 16.0 Å². The number of amides is 2. The Morgan fingerprint density at radius 1 is 1.15 bits per heavy atom. The Hall–Kier alpha value is -3.29. The molecule has 2 amide bonds. The van der Waals surface area contributed by atoms with Crippen molar-refractivity contribution in [3.05, 3.63) is 35.5 Å². The van der Waals surface area contributed by atoms with Gasteiger partial charge in [0.2, 0.25) is 18.1 Å². The molecular formula is C18H21N5O3. The molecule has 1 aromatic rings. The summed E-state index contributed by atoms with van der Waals surface area (Å²) in [5, 5.41) is 7.96. The average Bonchev–Trinajstić information content (AvgIpc) is 2.68. The van der Waals surface area contributed by atoms with Gasteiger partial charge in [0, 0.05) is 24.7 Å². The Morgan fingerprint density at radius 2 is 1.85 bits per heavy atom. The van der Waals surface area contributed by atoms with Gasteiger partial charge in [0.15, 0.2) is 11.7 Å². The third-order valence-electron chi connectivity index (χ3n) is 3.69. The Balaban J connectivity index is 0.00000117. The van der Waals surface area contributed by atoms with Crippen molar-refractivity contribution in [2.45, 2.75) is 26.7 Å². The number of Topliss-reactive ketones (excluding diaryl/α,β-unsaturated/α-hetero) is 1. The van der Waals surface area contributed by atoms with E-state index in [1.54, 1.807) is 12.1 Å². The van der Waals surface area contributed by atoms with E-state index >= 15 is 0 Å². The molecule has 26 heavy (non-hydrogen) atoms. The number of hydrogen-bond acceptors (Lipinski definition) is 5. The number of ketones is 1. The Morgan fingerprint density at radius 3 is 2.46 bits per heavy atom. The lowest BCUT2D eigenvalue weighted by Crippen LogP contribution is -2.42. The molecule has 0 radical (unpaired) electrons. The van der Waals surface area contributed by atoms with Gasteiger partial charge in [-0.3, -0.25) is 14.4 Å². The van der Waals surface area contributed by atoms with E-state index in [0.717, 1.165) is 5.69 Å². The van der Waals surface area contributed by atoms with Gasteiger partial charge in [-0.25, -0.2) is 9.98 Å². The highest BCUT2D eigenvalue weighted by molar-refractivity contribution is 6.50. The smallest absolute Gasteiger partial charge is 0.226 e. The fraction of sp³-hybridized carbons (Fsp3) is 0.278. The minimum atomic E-state index is -0.401. The van der Waals surface area contributed by atoms with Gasteiger partial charge in [0.1, 0.15) is 0 Å². The lowest BCUT2D eigenvalue weighted by Gasteiger charge is -2.24. The van der Waals surface area contributed by atoms with E-state index in [9.17, 15) is 14.4 Å². The first-order valence-electron chi connectivity index (χ1n) is 8.36. The maximum Gasteiger partial charge on any atom is 0.226 e. The fourth-order valence-electron chi connectivity index (χ4n) is 2.47. The second kappa shape index (κ2) is 8.70. The molecule has 8 nitrogen and oxygen atoms in total. The predicted molar refractivity (Wildman–Crippen MR) is 100 cm³/mol. The van der Waals surface area contributed by atoms with Crippen LogP contribution in [-0.4, -0.2) is 36.8 Å². The van der Waals surface area contributed by atoms with Gasteiger partial charge in [-0.15, -0.1) is 0 Å². The van der Waals surface area contributed by atoms with Gasteiger partial charge in [-0.05, 0) is 30.7 Å². The molecule has 0 aliphatic carbocycles. The van der Waals surface area contributed by atoms with Crippen LogP contribution in [0.2, 0.25) is 0 Å². The van der Waals surface area contributed by atoms with Gasteiger partial charge in [0.25, 0.3) is 0 Å². The van der Waals surface area contributed by atoms with Crippen molar-refractivity contribution in [1.82, 2.24) is 10.6 Å². The average molecular weight is 355 g/mol. The molecule has 2 heterocycles. The van der Waals surface area contributed by atoms with Gasteiger partial charge >= 0.3 is 0 Å². The normalized spacial score (nSPS) is 17.5. The Kier molecular flexibility index (Phi) is 6.37. The predicted octanol–water partition coefficient (Wildman–Crippen LogP) is 1.68. The third kappa shape index (κ3) is 4.02. The number of nitrogens with zero attached hydrogens (tertiary/aromatic N) is 2. The van der Waals surface area contributed by atoms with E-state index < -0.39 is 5.78 Å². The van der Waals surface area contributed by atoms with Crippen LogP contribution in [0, 0.1) is 0 Å². The molecule has 0 saturated heterocycles. The minimum absolute atomic E-state index is 0.0921. The number of hydrogen-bond donors (Lipinski definition) is 3. The third-order valence-corrected chi connectivity index (χ3v) is 3.69. The molecule has 0 atom stereocenters. The quantitative estimate of drug-likeness (QED) is 0.716. The van der Waals surface area contributed by atoms with E-state index in [4.69, 9.17) is 0 Å². The molecule has 0 bridgehead atoms. The number of carbonyl (C=O) groups excluding carboxylic acids is 3. The highest BCUT2D eigenvalue weighted by atomic mass is 16.2. The fourth-order valence-corrected chi connectivity index (χ4v) is 2.47. The molecular weight excluding hydrogens is 334 g/mol. The van der Waals surface area contributed by atoms with Crippen molar-refractivity contribution in [2.24, 2.45) is 9.98 Å². The van der Waals surface area contributed by atoms with Crippen molar-refractivity contribution in [1.29, 1.82) is 0 Å². The Bertz CT molecular complexity index is 807. The van der Waals surface area contributed by atoms with Crippen LogP contribution in [0.3, 0.4) is 0 Å². The van der Waals surface area contributed by atoms with Gasteiger partial charge in [-0.1, -0.05) is 13.8 Å². The Labute approximate surface area is 151 Å². The van der Waals surface area contributed by atoms with Crippen LogP contribution in [-0.2, 0) is 14.4 Å². The first-order valence-corrected chi connectivity index (χ1v) is 8.36. The van der Waals surface area contributed by atoms with Gasteiger partial charge in [0.05, 0.1) is 11.4 Å². The van der Waals surface area contributed by atoms with E-state index in [2.05, 4.69) is 25.9 Å². The standard InChI is InChI=1S/C16H15N5O3.C2H6/c1-17-9-2-4-10(5-3-9)19-15-13-11(6-7-12(23)20-13)14(24)16(21-15)18-8-22;1-2/h2-5,8,17H,6-7H2,1H3,(H,20,23)(H,18,19,21,22);1-2H3. The highest BCUT2D eigenvalue weighted by Gasteiger charge is 2.32. The number of dihydropyridines is 1. The number of aliphatic imine (C=N–C) groups is 2. The van der Waals surface area contributed by atoms with Crippen LogP contribution in [0.25, 0.3) is 0 Å². The summed E-state index contributed by atoms with van der Waals surface area (Å²) in [7, 11) is 1.81. The second-order valence-electron chi connectivity index (χ2n) is 5.19. The summed E-state index contributed by atoms with van der Waals surface area (Å²) >= 11 is 0. The molecule has 2 aliphatic heterocycles. The maximum absolute atomic E-state index is 12.3. The monoisotopic (exact) mass is 355 g/mol. The summed E-state index contributed by atoms with van der Waals surface area (Å²) in [5.74, 6) is -0.493. The van der Waals surface area contributed by atoms with Crippen molar-refractivity contribution < 1.29 is 14.4 Å². The molecule has 3 rings (SSSR count). The molecule has 0 spiro atoms. The zero-order valence-electron chi connectivity index (χ0n) is 14.9. The molecule has 0 fully saturated rings. The summed E-state index contributed by atoms with van der Waals surface area (Å²) in [4.78, 5) is 43.2. The first-order chi connectivity index (χ1) is 12.6. The summed E-state index contributed by atoms with van der Waals surface area (Å²) < 4.78 is 0. The highest BCUT2D eigenvalue weighted by Crippen LogP contribution is 2.24. The molecule has 8 heteroatoms. The summed E-state index contributed by atoms with van der Waals surface area (Å²) in [6.07, 6.45) is 0.892. The summed E-state index contributed by atoms with van der Waals surface area (Å²) in [6, 6.07) is 7.25. The van der Waals surface area contributed by atoms with Crippen molar-refractivity contribution >= 4 is 41.1 Å². The molecule has 0 unspecified atom stereocenters. The number of nitrogens with one attached hydrogen (secondary N) is 3. The molecule has 136 valence electrons.